The van der Waals surface area contributed by atoms with Crippen LogP contribution in [0.4, 0.5) is 0 Å². The van der Waals surface area contributed by atoms with Crippen LogP contribution in [-0.2, 0) is 4.74 Å². The molecule has 3 N–H and O–H groups in total. The van der Waals surface area contributed by atoms with Gasteiger partial charge in [-0.2, -0.15) is 0 Å². The van der Waals surface area contributed by atoms with E-state index in [-0.39, 0.29) is 0 Å². The van der Waals surface area contributed by atoms with E-state index in [4.69, 9.17) is 15.7 Å². The van der Waals surface area contributed by atoms with Crippen LogP contribution < -0.4 is 5.73 Å². The Kier molecular flexibility index (Phi) is 6.43. The van der Waals surface area contributed by atoms with Crippen molar-refractivity contribution in [2.45, 2.75) is 51.6 Å². The molecule has 0 bridgehead atoms. The molecule has 0 amide bonds. The number of hydrogen-bond donors (Lipinski definition) is 2. The van der Waals surface area contributed by atoms with Crippen LogP contribution in [0.1, 0.15) is 39.5 Å². The van der Waals surface area contributed by atoms with Crippen molar-refractivity contribution in [1.29, 1.82) is 0 Å². The highest BCUT2D eigenvalue weighted by molar-refractivity contribution is 5.80. The fourth-order valence-electron chi connectivity index (χ4n) is 2.54. The van der Waals surface area contributed by atoms with Crippen LogP contribution in [0.25, 0.3) is 0 Å². The third kappa shape index (κ3) is 4.46. The Hall–Kier alpha value is -0.810. The maximum absolute atomic E-state index is 8.72. The van der Waals surface area contributed by atoms with Crippen molar-refractivity contribution in [3.05, 3.63) is 0 Å². The average molecular weight is 257 g/mol. The Bertz CT molecular complexity index is 267. The molecule has 0 aliphatic heterocycles. The molecule has 0 aromatic carbocycles. The van der Waals surface area contributed by atoms with E-state index < -0.39 is 0 Å². The minimum atomic E-state index is 0.312. The average Bonchev–Trinajstić information content (AvgIpc) is 3.21. The van der Waals surface area contributed by atoms with E-state index in [1.807, 2.05) is 0 Å². The Balaban J connectivity index is 2.64. The second-order valence-electron chi connectivity index (χ2n) is 5.17. The predicted octanol–water partition coefficient (Wildman–Crippen LogP) is 1.65. The number of ether oxygens (including phenoxy) is 1. The molecular weight excluding hydrogens is 230 g/mol. The van der Waals surface area contributed by atoms with Crippen LogP contribution in [0.2, 0.25) is 0 Å². The second-order valence-corrected chi connectivity index (χ2v) is 5.17. The topological polar surface area (TPSA) is 71.1 Å². The Morgan fingerprint density at radius 2 is 2.22 bits per heavy atom. The molecule has 0 aromatic heterocycles. The molecule has 18 heavy (non-hydrogen) atoms. The predicted molar refractivity (Wildman–Crippen MR) is 72.9 cm³/mol. The van der Waals surface area contributed by atoms with Crippen molar-refractivity contribution in [2.24, 2.45) is 16.8 Å². The summed E-state index contributed by atoms with van der Waals surface area (Å²) in [6.45, 7) is 6.06. The molecule has 5 heteroatoms. The van der Waals surface area contributed by atoms with E-state index in [1.165, 1.54) is 12.8 Å². The fraction of sp³-hybridized carbons (Fsp3) is 0.923. The van der Waals surface area contributed by atoms with Gasteiger partial charge in [0.2, 0.25) is 0 Å². The Morgan fingerprint density at radius 1 is 1.56 bits per heavy atom. The smallest absolute Gasteiger partial charge is 0.140 e. The van der Waals surface area contributed by atoms with Gasteiger partial charge in [0.15, 0.2) is 0 Å². The van der Waals surface area contributed by atoms with Crippen LogP contribution in [-0.4, -0.2) is 48.3 Å². The molecular formula is C13H27N3O2. The number of oxime groups is 1. The number of rotatable bonds is 9. The largest absolute Gasteiger partial charge is 0.409 e. The summed E-state index contributed by atoms with van der Waals surface area (Å²) in [6.07, 6.45) is 4.26. The molecule has 0 saturated heterocycles. The lowest BCUT2D eigenvalue weighted by Gasteiger charge is -2.36. The summed E-state index contributed by atoms with van der Waals surface area (Å²) >= 11 is 0. The molecule has 0 radical (unpaired) electrons. The molecule has 1 fully saturated rings. The first kappa shape index (κ1) is 15.2. The molecule has 0 heterocycles. The highest BCUT2D eigenvalue weighted by atomic mass is 16.5. The van der Waals surface area contributed by atoms with E-state index in [0.29, 0.717) is 24.3 Å². The maximum Gasteiger partial charge on any atom is 0.140 e. The zero-order valence-electron chi connectivity index (χ0n) is 11.8. The van der Waals surface area contributed by atoms with Crippen molar-refractivity contribution >= 4 is 5.84 Å². The van der Waals surface area contributed by atoms with Crippen LogP contribution in [0.5, 0.6) is 0 Å². The van der Waals surface area contributed by atoms with Gasteiger partial charge >= 0.3 is 0 Å². The lowest BCUT2D eigenvalue weighted by atomic mass is 10.0. The number of methoxy groups -OCH3 is 1. The lowest BCUT2D eigenvalue weighted by molar-refractivity contribution is 0.0812. The van der Waals surface area contributed by atoms with Gasteiger partial charge in [-0.1, -0.05) is 12.1 Å². The van der Waals surface area contributed by atoms with Crippen molar-refractivity contribution in [2.75, 3.05) is 20.3 Å². The quantitative estimate of drug-likeness (QED) is 0.285. The van der Waals surface area contributed by atoms with E-state index in [9.17, 15) is 0 Å². The van der Waals surface area contributed by atoms with Crippen LogP contribution in [0.3, 0.4) is 0 Å². The SMILES string of the molecule is CCC(C/C(N)=N/O)N(CCOC)C(C)C1CC1. The maximum atomic E-state index is 8.72. The lowest BCUT2D eigenvalue weighted by Crippen LogP contribution is -2.46. The normalized spacial score (nSPS) is 20.1. The van der Waals surface area contributed by atoms with Gasteiger partial charge in [0.05, 0.1) is 6.61 Å². The molecule has 106 valence electrons. The number of hydrogen-bond acceptors (Lipinski definition) is 4. The highest BCUT2D eigenvalue weighted by Crippen LogP contribution is 2.36. The molecule has 2 unspecified atom stereocenters. The van der Waals surface area contributed by atoms with Crippen LogP contribution in [0, 0.1) is 5.92 Å². The summed E-state index contributed by atoms with van der Waals surface area (Å²) in [4.78, 5) is 2.46. The van der Waals surface area contributed by atoms with Gasteiger partial charge < -0.3 is 15.7 Å². The number of nitrogens with two attached hydrogens (primary N) is 1. The van der Waals surface area contributed by atoms with Crippen LogP contribution in [0.15, 0.2) is 5.16 Å². The molecule has 1 aliphatic rings. The first-order valence-electron chi connectivity index (χ1n) is 6.85. The molecule has 2 atom stereocenters. The summed E-state index contributed by atoms with van der Waals surface area (Å²) in [5.74, 6) is 1.12. The molecule has 1 aliphatic carbocycles. The number of amidine groups is 1. The summed E-state index contributed by atoms with van der Waals surface area (Å²) in [6, 6.07) is 0.878. The zero-order chi connectivity index (χ0) is 13.5. The molecule has 1 saturated carbocycles. The van der Waals surface area contributed by atoms with E-state index >= 15 is 0 Å². The van der Waals surface area contributed by atoms with E-state index in [0.717, 1.165) is 25.5 Å². The minimum Gasteiger partial charge on any atom is -0.409 e. The van der Waals surface area contributed by atoms with Gasteiger partial charge in [-0.05, 0) is 32.1 Å². The second kappa shape index (κ2) is 7.59. The molecule has 1 rings (SSSR count). The van der Waals surface area contributed by atoms with Gasteiger partial charge in [-0.3, -0.25) is 4.90 Å². The third-order valence-electron chi connectivity index (χ3n) is 3.89. The summed E-state index contributed by atoms with van der Waals surface area (Å²) in [5.41, 5.74) is 5.65. The monoisotopic (exact) mass is 257 g/mol. The van der Waals surface area contributed by atoms with Crippen molar-refractivity contribution in [3.8, 4) is 0 Å². The van der Waals surface area contributed by atoms with Crippen LogP contribution >= 0.6 is 0 Å². The van der Waals surface area contributed by atoms with Gasteiger partial charge in [-0.15, -0.1) is 0 Å². The zero-order valence-corrected chi connectivity index (χ0v) is 11.8. The highest BCUT2D eigenvalue weighted by Gasteiger charge is 2.34. The number of nitrogens with zero attached hydrogens (tertiary/aromatic N) is 2. The minimum absolute atomic E-state index is 0.312. The van der Waals surface area contributed by atoms with Crippen molar-refractivity contribution < 1.29 is 9.94 Å². The van der Waals surface area contributed by atoms with E-state index in [1.54, 1.807) is 7.11 Å². The van der Waals surface area contributed by atoms with Gasteiger partial charge in [0.1, 0.15) is 5.84 Å². The summed E-state index contributed by atoms with van der Waals surface area (Å²) in [7, 11) is 1.73. The van der Waals surface area contributed by atoms with E-state index in [2.05, 4.69) is 23.9 Å². The van der Waals surface area contributed by atoms with Crippen molar-refractivity contribution in [1.82, 2.24) is 4.90 Å². The Morgan fingerprint density at radius 3 is 2.67 bits per heavy atom. The van der Waals surface area contributed by atoms with Gasteiger partial charge in [0, 0.05) is 32.2 Å². The van der Waals surface area contributed by atoms with Crippen molar-refractivity contribution in [3.63, 3.8) is 0 Å². The fourth-order valence-corrected chi connectivity index (χ4v) is 2.54. The third-order valence-corrected chi connectivity index (χ3v) is 3.89. The van der Waals surface area contributed by atoms with Gasteiger partial charge in [-0.25, -0.2) is 0 Å². The first-order valence-corrected chi connectivity index (χ1v) is 6.85. The summed E-state index contributed by atoms with van der Waals surface area (Å²) < 4.78 is 5.20. The standard InChI is InChI=1S/C13H27N3O2/c1-4-12(9-13(14)15-17)16(7-8-18-3)10(2)11-5-6-11/h10-12,17H,4-9H2,1-3H3,(H2,14,15). The molecule has 5 nitrogen and oxygen atoms in total. The summed E-state index contributed by atoms with van der Waals surface area (Å²) in [5, 5.41) is 11.8. The molecule has 0 aromatic rings. The van der Waals surface area contributed by atoms with Gasteiger partial charge in [0.25, 0.3) is 0 Å². The first-order chi connectivity index (χ1) is 8.63. The molecule has 0 spiro atoms. The Labute approximate surface area is 110 Å².